The van der Waals surface area contributed by atoms with E-state index in [-0.39, 0.29) is 29.9 Å². The molecule has 0 aliphatic carbocycles. The number of halogens is 4. The van der Waals surface area contributed by atoms with Crippen LogP contribution in [-0.4, -0.2) is 63.9 Å². The molecule has 2 aromatic carbocycles. The first-order valence-corrected chi connectivity index (χ1v) is 11.0. The van der Waals surface area contributed by atoms with E-state index in [4.69, 9.17) is 9.47 Å². The van der Waals surface area contributed by atoms with Crippen LogP contribution in [0, 0.1) is 11.6 Å². The van der Waals surface area contributed by atoms with Crippen LogP contribution in [-0.2, 0) is 14.3 Å². The van der Waals surface area contributed by atoms with Gasteiger partial charge >= 0.3 is 12.5 Å². The lowest BCUT2D eigenvalue weighted by Gasteiger charge is -2.27. The van der Waals surface area contributed by atoms with Crippen LogP contribution in [0.15, 0.2) is 41.2 Å². The van der Waals surface area contributed by atoms with Crippen molar-refractivity contribution >= 4 is 34.7 Å². The number of amides is 2. The summed E-state index contributed by atoms with van der Waals surface area (Å²) in [5.41, 5.74) is -0.216. The first-order chi connectivity index (χ1) is 17.2. The van der Waals surface area contributed by atoms with Crippen molar-refractivity contribution in [3.05, 3.63) is 58.3 Å². The summed E-state index contributed by atoms with van der Waals surface area (Å²) in [6.07, 6.45) is -5.14. The Kier molecular flexibility index (Phi) is 7.58. The predicted molar refractivity (Wildman–Crippen MR) is 122 cm³/mol. The Morgan fingerprint density at radius 2 is 1.72 bits per heavy atom. The number of benzene rings is 1. The van der Waals surface area contributed by atoms with Gasteiger partial charge in [-0.05, 0) is 24.3 Å². The smallest absolute Gasteiger partial charge is 0.414 e. The van der Waals surface area contributed by atoms with Crippen LogP contribution in [0.5, 0.6) is 0 Å². The number of hydrogen-bond acceptors (Lipinski definition) is 7. The SMILES string of the molecule is O=C(NC[C@H]1CN(c2cc(F)c(Nc3ccc(N4CCOCC4)c(=O)cc3)c(F)c2)C(=O)O1)C(F)F. The average molecular weight is 510 g/mol. The predicted octanol–water partition coefficient (Wildman–Crippen LogP) is 2.61. The van der Waals surface area contributed by atoms with Crippen LogP contribution in [0.2, 0.25) is 0 Å². The van der Waals surface area contributed by atoms with Crippen molar-refractivity contribution in [2.24, 2.45) is 0 Å². The molecule has 2 aliphatic heterocycles. The Hall–Kier alpha value is -3.87. The Balaban J connectivity index is 1.48. The number of carbonyl (C=O) groups excluding carboxylic acids is 2. The number of hydrogen-bond donors (Lipinski definition) is 2. The van der Waals surface area contributed by atoms with Crippen molar-refractivity contribution in [1.29, 1.82) is 0 Å². The van der Waals surface area contributed by atoms with Gasteiger partial charge in [-0.3, -0.25) is 14.5 Å². The van der Waals surface area contributed by atoms with Crippen LogP contribution in [0.25, 0.3) is 0 Å². The van der Waals surface area contributed by atoms with Crippen molar-refractivity contribution in [3.8, 4) is 0 Å². The first-order valence-electron chi connectivity index (χ1n) is 11.0. The van der Waals surface area contributed by atoms with Gasteiger partial charge in [-0.1, -0.05) is 0 Å². The van der Waals surface area contributed by atoms with Crippen LogP contribution in [0.3, 0.4) is 0 Å². The van der Waals surface area contributed by atoms with Gasteiger partial charge in [-0.2, -0.15) is 8.78 Å². The zero-order valence-corrected chi connectivity index (χ0v) is 18.8. The third kappa shape index (κ3) is 5.67. The van der Waals surface area contributed by atoms with Crippen molar-refractivity contribution in [1.82, 2.24) is 5.32 Å². The monoisotopic (exact) mass is 510 g/mol. The molecule has 4 rings (SSSR count). The van der Waals surface area contributed by atoms with Gasteiger partial charge in [-0.15, -0.1) is 0 Å². The van der Waals surface area contributed by atoms with Gasteiger partial charge in [0.1, 0.15) is 11.8 Å². The van der Waals surface area contributed by atoms with E-state index in [9.17, 15) is 31.9 Å². The number of cyclic esters (lactones) is 1. The van der Waals surface area contributed by atoms with E-state index in [1.807, 2.05) is 10.2 Å². The van der Waals surface area contributed by atoms with Crippen LogP contribution in [0.1, 0.15) is 0 Å². The number of carbonyl (C=O) groups is 2. The molecule has 0 saturated carbocycles. The third-order valence-electron chi connectivity index (χ3n) is 5.62. The fraction of sp³-hybridized carbons (Fsp3) is 0.348. The van der Waals surface area contributed by atoms with E-state index in [0.29, 0.717) is 32.0 Å². The molecule has 2 aliphatic rings. The Labute approximate surface area is 202 Å². The number of nitrogens with zero attached hydrogens (tertiary/aromatic N) is 2. The molecule has 2 amide bonds. The first kappa shape index (κ1) is 25.2. The normalized spacial score (nSPS) is 17.8. The second kappa shape index (κ2) is 10.8. The summed E-state index contributed by atoms with van der Waals surface area (Å²) < 4.78 is 64.6. The topological polar surface area (TPSA) is 100 Å². The van der Waals surface area contributed by atoms with Gasteiger partial charge in [0.15, 0.2) is 11.6 Å². The van der Waals surface area contributed by atoms with E-state index >= 15 is 0 Å². The van der Waals surface area contributed by atoms with E-state index in [0.717, 1.165) is 17.0 Å². The summed E-state index contributed by atoms with van der Waals surface area (Å²) in [4.78, 5) is 38.4. The maximum absolute atomic E-state index is 14.9. The maximum Gasteiger partial charge on any atom is 0.414 e. The molecule has 0 radical (unpaired) electrons. The van der Waals surface area contributed by atoms with E-state index in [1.165, 1.54) is 18.2 Å². The third-order valence-corrected chi connectivity index (χ3v) is 5.62. The zero-order valence-electron chi connectivity index (χ0n) is 18.8. The lowest BCUT2D eigenvalue weighted by molar-refractivity contribution is -0.132. The van der Waals surface area contributed by atoms with Gasteiger partial charge in [0.25, 0.3) is 5.91 Å². The summed E-state index contributed by atoms with van der Waals surface area (Å²) in [5, 5.41) is 4.54. The summed E-state index contributed by atoms with van der Waals surface area (Å²) in [5.74, 6) is -3.56. The Bertz CT molecular complexity index is 1190. The number of morpholine rings is 1. The number of nitrogens with one attached hydrogen (secondary N) is 2. The Morgan fingerprint density at radius 1 is 1.06 bits per heavy atom. The average Bonchev–Trinajstić information content (AvgIpc) is 3.12. The molecule has 0 bridgehead atoms. The zero-order chi connectivity index (χ0) is 25.8. The van der Waals surface area contributed by atoms with Gasteiger partial charge < -0.3 is 25.0 Å². The van der Waals surface area contributed by atoms with Gasteiger partial charge in [0, 0.05) is 30.9 Å². The molecule has 2 N–H and O–H groups in total. The minimum atomic E-state index is -3.22. The lowest BCUT2D eigenvalue weighted by atomic mass is 10.2. The highest BCUT2D eigenvalue weighted by Crippen LogP contribution is 2.30. The van der Waals surface area contributed by atoms with Crippen molar-refractivity contribution in [3.63, 3.8) is 0 Å². The van der Waals surface area contributed by atoms with E-state index in [1.54, 1.807) is 6.07 Å². The number of ether oxygens (including phenoxy) is 2. The summed E-state index contributed by atoms with van der Waals surface area (Å²) in [7, 11) is 0. The second-order valence-corrected chi connectivity index (χ2v) is 8.04. The van der Waals surface area contributed by atoms with E-state index in [2.05, 4.69) is 5.32 Å². The number of alkyl halides is 2. The van der Waals surface area contributed by atoms with Crippen molar-refractivity contribution in [2.75, 3.05) is 54.5 Å². The number of rotatable bonds is 7. The minimum absolute atomic E-state index is 0.154. The molecule has 2 saturated heterocycles. The van der Waals surface area contributed by atoms with E-state index < -0.39 is 41.9 Å². The molecule has 0 aromatic heterocycles. The second-order valence-electron chi connectivity index (χ2n) is 8.04. The molecular formula is C23H22F4N4O5. The van der Waals surface area contributed by atoms with Gasteiger partial charge in [0.05, 0.1) is 37.7 Å². The van der Waals surface area contributed by atoms with Crippen molar-refractivity contribution < 1.29 is 36.6 Å². The maximum atomic E-state index is 14.9. The molecule has 0 spiro atoms. The standard InChI is InChI=1S/C23H22F4N4O5/c24-16-9-14(31-12-15(36-23(31)34)11-28-22(33)21(26)27)10-17(25)20(16)29-13-1-3-18(19(32)4-2-13)30-5-7-35-8-6-30/h1-4,9-10,15,21,29H,5-8,11-12H2,(H,28,33)/t15-/m0/s1. The molecule has 2 aromatic rings. The molecule has 9 nitrogen and oxygen atoms in total. The molecule has 13 heteroatoms. The highest BCUT2D eigenvalue weighted by Gasteiger charge is 2.34. The van der Waals surface area contributed by atoms with Gasteiger partial charge in [-0.25, -0.2) is 13.6 Å². The fourth-order valence-corrected chi connectivity index (χ4v) is 3.82. The number of anilines is 4. The summed E-state index contributed by atoms with van der Waals surface area (Å²) in [6.45, 7) is 1.48. The lowest BCUT2D eigenvalue weighted by Crippen LogP contribution is -2.38. The highest BCUT2D eigenvalue weighted by molar-refractivity contribution is 5.90. The summed E-state index contributed by atoms with van der Waals surface area (Å²) >= 11 is 0. The fourth-order valence-electron chi connectivity index (χ4n) is 3.82. The molecule has 36 heavy (non-hydrogen) atoms. The molecule has 0 unspecified atom stereocenters. The molecular weight excluding hydrogens is 488 g/mol. The molecule has 2 fully saturated rings. The quantitative estimate of drug-likeness (QED) is 0.553. The van der Waals surface area contributed by atoms with Crippen LogP contribution < -0.4 is 25.9 Å². The largest absolute Gasteiger partial charge is 0.442 e. The molecule has 1 atom stereocenters. The molecule has 2 heterocycles. The Morgan fingerprint density at radius 3 is 2.39 bits per heavy atom. The highest BCUT2D eigenvalue weighted by atomic mass is 19.3. The van der Waals surface area contributed by atoms with Crippen LogP contribution >= 0.6 is 0 Å². The molecule has 192 valence electrons. The van der Waals surface area contributed by atoms with Crippen molar-refractivity contribution in [2.45, 2.75) is 12.5 Å². The van der Waals surface area contributed by atoms with Crippen LogP contribution in [0.4, 0.5) is 45.1 Å². The summed E-state index contributed by atoms with van der Waals surface area (Å²) in [6, 6.07) is 7.60. The minimum Gasteiger partial charge on any atom is -0.442 e. The van der Waals surface area contributed by atoms with Gasteiger partial charge in [0.2, 0.25) is 5.43 Å².